The largest absolute Gasteiger partial charge is 0.481 e. The van der Waals surface area contributed by atoms with E-state index in [1.165, 1.54) is 6.92 Å². The number of hydrogen-bond donors (Lipinski definition) is 7. The normalized spacial score (nSPS) is 16.9. The van der Waals surface area contributed by atoms with Gasteiger partial charge in [0.15, 0.2) is 0 Å². The number of nitrogens with one attached hydrogen (secondary N) is 3. The first-order chi connectivity index (χ1) is 14.2. The maximum Gasteiger partial charge on any atom is 0.326 e. The molecule has 0 aromatic heterocycles. The van der Waals surface area contributed by atoms with E-state index in [1.807, 2.05) is 6.92 Å². The minimum Gasteiger partial charge on any atom is -0.481 e. The van der Waals surface area contributed by atoms with Gasteiger partial charge in [-0.15, -0.1) is 0 Å². The molecule has 3 amide bonds. The molecule has 0 saturated heterocycles. The summed E-state index contributed by atoms with van der Waals surface area (Å²) in [5.74, 6) is -6.14. The van der Waals surface area contributed by atoms with Crippen molar-refractivity contribution in [3.05, 3.63) is 0 Å². The van der Waals surface area contributed by atoms with E-state index in [0.29, 0.717) is 6.42 Å². The van der Waals surface area contributed by atoms with E-state index in [0.717, 1.165) is 0 Å². The minimum atomic E-state index is -1.58. The maximum atomic E-state index is 12.6. The Morgan fingerprint density at radius 2 is 1.35 bits per heavy atom. The van der Waals surface area contributed by atoms with Gasteiger partial charge in [0.05, 0.1) is 18.6 Å². The number of carboxylic acids is 2. The summed E-state index contributed by atoms with van der Waals surface area (Å²) in [4.78, 5) is 59.8. The lowest BCUT2D eigenvalue weighted by atomic mass is 9.99. The van der Waals surface area contributed by atoms with Crippen molar-refractivity contribution in [3.8, 4) is 0 Å². The Morgan fingerprint density at radius 1 is 0.839 bits per heavy atom. The topological polar surface area (TPSA) is 208 Å². The van der Waals surface area contributed by atoms with Crippen molar-refractivity contribution in [3.63, 3.8) is 0 Å². The first kappa shape index (κ1) is 28.3. The van der Waals surface area contributed by atoms with Crippen LogP contribution in [0.5, 0.6) is 0 Å². The van der Waals surface area contributed by atoms with Crippen molar-refractivity contribution in [2.75, 3.05) is 0 Å². The first-order valence-corrected chi connectivity index (χ1v) is 10.0. The van der Waals surface area contributed by atoms with Gasteiger partial charge in [0.1, 0.15) is 18.1 Å². The van der Waals surface area contributed by atoms with Gasteiger partial charge < -0.3 is 37.0 Å². The van der Waals surface area contributed by atoms with Crippen molar-refractivity contribution in [1.29, 1.82) is 0 Å². The van der Waals surface area contributed by atoms with Crippen molar-refractivity contribution in [2.24, 2.45) is 17.6 Å². The number of carboxylic acid groups (broad SMARTS) is 2. The second-order valence-corrected chi connectivity index (χ2v) is 7.87. The lowest BCUT2D eigenvalue weighted by Crippen LogP contribution is -2.60. The van der Waals surface area contributed by atoms with Crippen LogP contribution >= 0.6 is 0 Å². The molecule has 0 aromatic rings. The SMILES string of the molecule is CCC(C)C(N)C(=O)NC(CC(=O)O)C(=O)NC(C(=O)NC(C(=O)O)C(C)C)C(C)O. The Labute approximate surface area is 180 Å². The van der Waals surface area contributed by atoms with E-state index in [2.05, 4.69) is 16.0 Å². The van der Waals surface area contributed by atoms with E-state index >= 15 is 0 Å². The van der Waals surface area contributed by atoms with Gasteiger partial charge in [0.2, 0.25) is 17.7 Å². The number of hydrogen-bond acceptors (Lipinski definition) is 7. The number of carbonyl (C=O) groups is 5. The summed E-state index contributed by atoms with van der Waals surface area (Å²) in [6.07, 6.45) is -1.65. The summed E-state index contributed by atoms with van der Waals surface area (Å²) >= 11 is 0. The van der Waals surface area contributed by atoms with Crippen LogP contribution in [0.15, 0.2) is 0 Å². The van der Waals surface area contributed by atoms with E-state index in [1.54, 1.807) is 20.8 Å². The lowest BCUT2D eigenvalue weighted by molar-refractivity contribution is -0.145. The molecular weight excluding hydrogens is 412 g/mol. The fourth-order valence-electron chi connectivity index (χ4n) is 2.58. The third-order valence-electron chi connectivity index (χ3n) is 4.86. The zero-order valence-electron chi connectivity index (χ0n) is 18.4. The molecule has 0 aliphatic carbocycles. The Balaban J connectivity index is 5.48. The molecule has 178 valence electrons. The van der Waals surface area contributed by atoms with Crippen LogP contribution in [0.4, 0.5) is 0 Å². The van der Waals surface area contributed by atoms with Crippen LogP contribution < -0.4 is 21.7 Å². The van der Waals surface area contributed by atoms with Crippen LogP contribution in [0.2, 0.25) is 0 Å². The number of rotatable bonds is 13. The fourth-order valence-corrected chi connectivity index (χ4v) is 2.58. The van der Waals surface area contributed by atoms with Crippen molar-refractivity contribution in [1.82, 2.24) is 16.0 Å². The van der Waals surface area contributed by atoms with E-state index in [-0.39, 0.29) is 5.92 Å². The van der Waals surface area contributed by atoms with E-state index < -0.39 is 72.3 Å². The van der Waals surface area contributed by atoms with Crippen molar-refractivity contribution in [2.45, 2.75) is 77.7 Å². The standard InChI is InChI=1S/C19H34N4O8/c1-6-9(4)13(20)17(28)21-11(7-12(25)26)16(27)23-15(10(5)24)18(29)22-14(8(2)3)19(30)31/h8-11,13-15,24H,6-7,20H2,1-5H3,(H,21,28)(H,22,29)(H,23,27)(H,25,26)(H,30,31). The average Bonchev–Trinajstić information content (AvgIpc) is 2.66. The van der Waals surface area contributed by atoms with Crippen LogP contribution in [0.25, 0.3) is 0 Å². The van der Waals surface area contributed by atoms with Gasteiger partial charge in [0, 0.05) is 0 Å². The minimum absolute atomic E-state index is 0.228. The fraction of sp³-hybridized carbons (Fsp3) is 0.737. The molecule has 0 spiro atoms. The Morgan fingerprint density at radius 3 is 1.74 bits per heavy atom. The number of amides is 3. The molecule has 6 atom stereocenters. The third kappa shape index (κ3) is 9.30. The van der Waals surface area contributed by atoms with Gasteiger partial charge in [0.25, 0.3) is 0 Å². The Hall–Kier alpha value is -2.73. The molecule has 0 rings (SSSR count). The van der Waals surface area contributed by atoms with Crippen molar-refractivity contribution < 1.29 is 39.3 Å². The molecule has 0 radical (unpaired) electrons. The van der Waals surface area contributed by atoms with Gasteiger partial charge in [-0.1, -0.05) is 34.1 Å². The first-order valence-electron chi connectivity index (χ1n) is 10.0. The zero-order chi connectivity index (χ0) is 24.5. The second-order valence-electron chi connectivity index (χ2n) is 7.87. The number of aliphatic hydroxyl groups is 1. The van der Waals surface area contributed by atoms with Gasteiger partial charge >= 0.3 is 11.9 Å². The van der Waals surface area contributed by atoms with Gasteiger partial charge in [-0.2, -0.15) is 0 Å². The Kier molecular flexibility index (Phi) is 11.7. The molecule has 0 bridgehead atoms. The van der Waals surface area contributed by atoms with Gasteiger partial charge in [-0.25, -0.2) is 4.79 Å². The highest BCUT2D eigenvalue weighted by Crippen LogP contribution is 2.07. The van der Waals surface area contributed by atoms with Gasteiger partial charge in [-0.3, -0.25) is 19.2 Å². The van der Waals surface area contributed by atoms with Crippen LogP contribution in [0.3, 0.4) is 0 Å². The molecule has 0 saturated carbocycles. The zero-order valence-corrected chi connectivity index (χ0v) is 18.4. The number of carbonyl (C=O) groups excluding carboxylic acids is 3. The third-order valence-corrected chi connectivity index (χ3v) is 4.86. The molecule has 12 heteroatoms. The lowest BCUT2D eigenvalue weighted by Gasteiger charge is -2.27. The highest BCUT2D eigenvalue weighted by molar-refractivity contribution is 5.95. The monoisotopic (exact) mass is 446 g/mol. The van der Waals surface area contributed by atoms with Crippen LogP contribution in [-0.4, -0.2) is 75.3 Å². The predicted molar refractivity (Wildman–Crippen MR) is 110 cm³/mol. The average molecular weight is 447 g/mol. The summed E-state index contributed by atoms with van der Waals surface area (Å²) in [5.41, 5.74) is 5.81. The van der Waals surface area contributed by atoms with Crippen LogP contribution in [0, 0.1) is 11.8 Å². The second kappa shape index (κ2) is 12.8. The molecule has 0 aliphatic rings. The highest BCUT2D eigenvalue weighted by atomic mass is 16.4. The van der Waals surface area contributed by atoms with Gasteiger partial charge in [-0.05, 0) is 18.8 Å². The highest BCUT2D eigenvalue weighted by Gasteiger charge is 2.34. The van der Waals surface area contributed by atoms with E-state index in [4.69, 9.17) is 10.8 Å². The number of aliphatic hydroxyl groups excluding tert-OH is 1. The number of nitrogens with two attached hydrogens (primary N) is 1. The van der Waals surface area contributed by atoms with Crippen LogP contribution in [0.1, 0.15) is 47.5 Å². The smallest absolute Gasteiger partial charge is 0.326 e. The molecule has 0 heterocycles. The molecule has 8 N–H and O–H groups in total. The summed E-state index contributed by atoms with van der Waals surface area (Å²) in [5, 5.41) is 34.9. The summed E-state index contributed by atoms with van der Waals surface area (Å²) in [6.45, 7) is 7.85. The van der Waals surface area contributed by atoms with E-state index in [9.17, 15) is 34.2 Å². The predicted octanol–water partition coefficient (Wildman–Crippen LogP) is -1.59. The molecule has 0 aliphatic heterocycles. The van der Waals surface area contributed by atoms with Crippen molar-refractivity contribution >= 4 is 29.7 Å². The number of aliphatic carboxylic acids is 2. The summed E-state index contributed by atoms with van der Waals surface area (Å²) in [6, 6.07) is -5.39. The quantitative estimate of drug-likeness (QED) is 0.174. The molecule has 12 nitrogen and oxygen atoms in total. The molecular formula is C19H34N4O8. The molecule has 31 heavy (non-hydrogen) atoms. The van der Waals surface area contributed by atoms with Crippen LogP contribution in [-0.2, 0) is 24.0 Å². The summed E-state index contributed by atoms with van der Waals surface area (Å²) < 4.78 is 0. The Bertz CT molecular complexity index is 667. The molecule has 0 fully saturated rings. The maximum absolute atomic E-state index is 12.6. The summed E-state index contributed by atoms with van der Waals surface area (Å²) in [7, 11) is 0. The molecule has 0 aromatic carbocycles. The molecule has 6 unspecified atom stereocenters.